The third-order valence-electron chi connectivity index (χ3n) is 4.74. The van der Waals surface area contributed by atoms with Crippen LogP contribution in [0.25, 0.3) is 21.7 Å². The smallest absolute Gasteiger partial charge is 0.239 e. The van der Waals surface area contributed by atoms with Crippen molar-refractivity contribution in [1.82, 2.24) is 14.3 Å². The Morgan fingerprint density at radius 1 is 1.24 bits per heavy atom. The molecule has 0 saturated carbocycles. The summed E-state index contributed by atoms with van der Waals surface area (Å²) in [6.07, 6.45) is 5.03. The molecule has 0 amide bonds. The van der Waals surface area contributed by atoms with E-state index in [0.717, 1.165) is 26.8 Å². The van der Waals surface area contributed by atoms with Crippen LogP contribution in [0, 0.1) is 5.82 Å². The van der Waals surface area contributed by atoms with Gasteiger partial charge in [0.15, 0.2) is 0 Å². The summed E-state index contributed by atoms with van der Waals surface area (Å²) in [6, 6.07) is 8.72. The number of sulfonamides is 1. The molecule has 3 aromatic rings. The molecule has 4 heterocycles. The highest BCUT2D eigenvalue weighted by atomic mass is 32.2. The van der Waals surface area contributed by atoms with Crippen LogP contribution in [0.1, 0.15) is 11.8 Å². The average molecular weight is 432 g/mol. The zero-order valence-electron chi connectivity index (χ0n) is 15.7. The maximum absolute atomic E-state index is 14.9. The van der Waals surface area contributed by atoms with Gasteiger partial charge < -0.3 is 5.73 Å². The SMILES string of the molecule is CN1C(N)=NC(C)(c2sc(-c3ccnc(-c4cccnc4)c3)cc2F)CS1(=O)=O. The van der Waals surface area contributed by atoms with Crippen LogP contribution in [0.4, 0.5) is 4.39 Å². The molecule has 4 rings (SSSR count). The number of thiophene rings is 1. The molecule has 1 atom stereocenters. The zero-order valence-corrected chi connectivity index (χ0v) is 17.3. The lowest BCUT2D eigenvalue weighted by Gasteiger charge is -2.33. The summed E-state index contributed by atoms with van der Waals surface area (Å²) in [5.41, 5.74) is 6.82. The van der Waals surface area contributed by atoms with E-state index in [-0.39, 0.29) is 16.6 Å². The highest BCUT2D eigenvalue weighted by Crippen LogP contribution is 2.41. The Kier molecular flexibility index (Phi) is 4.62. The topological polar surface area (TPSA) is 102 Å². The van der Waals surface area contributed by atoms with Gasteiger partial charge in [0.2, 0.25) is 16.0 Å². The Morgan fingerprint density at radius 2 is 2.03 bits per heavy atom. The van der Waals surface area contributed by atoms with Gasteiger partial charge in [-0.15, -0.1) is 11.3 Å². The molecular formula is C19H18FN5O2S2. The van der Waals surface area contributed by atoms with Gasteiger partial charge in [0.05, 0.1) is 16.3 Å². The number of guanidine groups is 1. The van der Waals surface area contributed by atoms with Crippen molar-refractivity contribution in [3.8, 4) is 21.7 Å². The summed E-state index contributed by atoms with van der Waals surface area (Å²) >= 11 is 1.16. The maximum Gasteiger partial charge on any atom is 0.239 e. The molecule has 10 heteroatoms. The van der Waals surface area contributed by atoms with Crippen LogP contribution in [0.3, 0.4) is 0 Å². The molecular weight excluding hydrogens is 413 g/mol. The van der Waals surface area contributed by atoms with Gasteiger partial charge in [-0.3, -0.25) is 9.97 Å². The van der Waals surface area contributed by atoms with Crippen molar-refractivity contribution < 1.29 is 12.8 Å². The first-order chi connectivity index (χ1) is 13.7. The standard InChI is InChI=1S/C19H18FN5O2S2/c1-19(11-29(26,27)25(2)18(21)24-19)17-14(20)9-16(28-17)12-5-7-23-15(8-12)13-4-3-6-22-10-13/h3-10H,11H2,1-2H3,(H2,21,24). The molecule has 1 unspecified atom stereocenters. The van der Waals surface area contributed by atoms with Crippen molar-refractivity contribution in [2.75, 3.05) is 12.8 Å². The van der Waals surface area contributed by atoms with Gasteiger partial charge in [0, 0.05) is 36.1 Å². The monoisotopic (exact) mass is 431 g/mol. The molecule has 0 saturated heterocycles. The second-order valence-electron chi connectivity index (χ2n) is 6.93. The van der Waals surface area contributed by atoms with Crippen LogP contribution in [0.15, 0.2) is 53.9 Å². The van der Waals surface area contributed by atoms with Gasteiger partial charge in [-0.1, -0.05) is 0 Å². The molecule has 0 aromatic carbocycles. The van der Waals surface area contributed by atoms with Crippen molar-refractivity contribution in [3.63, 3.8) is 0 Å². The fourth-order valence-electron chi connectivity index (χ4n) is 3.20. The molecule has 7 nitrogen and oxygen atoms in total. The van der Waals surface area contributed by atoms with Crippen molar-refractivity contribution in [2.45, 2.75) is 12.5 Å². The molecule has 0 spiro atoms. The Labute approximate surface area is 171 Å². The van der Waals surface area contributed by atoms with Crippen LogP contribution >= 0.6 is 11.3 Å². The third kappa shape index (κ3) is 3.49. The number of pyridine rings is 2. The van der Waals surface area contributed by atoms with E-state index in [1.54, 1.807) is 31.6 Å². The second kappa shape index (κ2) is 6.89. The lowest BCUT2D eigenvalue weighted by atomic mass is 10.0. The third-order valence-corrected chi connectivity index (χ3v) is 8.10. The molecule has 0 fully saturated rings. The largest absolute Gasteiger partial charge is 0.369 e. The Bertz CT molecular complexity index is 1210. The minimum absolute atomic E-state index is 0.157. The lowest BCUT2D eigenvalue weighted by molar-refractivity contribution is 0.466. The van der Waals surface area contributed by atoms with Crippen LogP contribution in [0.5, 0.6) is 0 Å². The second-order valence-corrected chi connectivity index (χ2v) is 9.98. The number of nitrogens with two attached hydrogens (primary N) is 1. The molecule has 2 N–H and O–H groups in total. The van der Waals surface area contributed by atoms with Crippen LogP contribution in [0.2, 0.25) is 0 Å². The van der Waals surface area contributed by atoms with Crippen LogP contribution < -0.4 is 5.73 Å². The van der Waals surface area contributed by atoms with Crippen molar-refractivity contribution >= 4 is 27.3 Å². The quantitative estimate of drug-likeness (QED) is 0.687. The number of hydrogen-bond acceptors (Lipinski definition) is 7. The first-order valence-corrected chi connectivity index (χ1v) is 11.1. The summed E-state index contributed by atoms with van der Waals surface area (Å²) in [5.74, 6) is -1.02. The zero-order chi connectivity index (χ0) is 20.8. The molecule has 1 aliphatic heterocycles. The predicted molar refractivity (Wildman–Crippen MR) is 111 cm³/mol. The van der Waals surface area contributed by atoms with E-state index in [9.17, 15) is 12.8 Å². The number of halogens is 1. The number of rotatable bonds is 3. The molecule has 29 heavy (non-hydrogen) atoms. The number of aromatic nitrogens is 2. The number of aliphatic imine (C=N–C) groups is 1. The van der Waals surface area contributed by atoms with Gasteiger partial charge >= 0.3 is 0 Å². The van der Waals surface area contributed by atoms with Crippen molar-refractivity contribution in [2.24, 2.45) is 10.7 Å². The van der Waals surface area contributed by atoms with Gasteiger partial charge in [-0.2, -0.15) is 0 Å². The first kappa shape index (κ1) is 19.5. The Hall–Kier alpha value is -2.85. The molecule has 0 aliphatic carbocycles. The summed E-state index contributed by atoms with van der Waals surface area (Å²) in [6.45, 7) is 1.58. The van der Waals surface area contributed by atoms with Gasteiger partial charge in [-0.05, 0) is 42.8 Å². The first-order valence-electron chi connectivity index (χ1n) is 8.68. The number of hydrogen-bond donors (Lipinski definition) is 1. The minimum atomic E-state index is -3.68. The summed E-state index contributed by atoms with van der Waals surface area (Å²) in [4.78, 5) is 13.6. The Balaban J connectivity index is 1.77. The van der Waals surface area contributed by atoms with Crippen LogP contribution in [-0.2, 0) is 15.6 Å². The maximum atomic E-state index is 14.9. The fourth-order valence-corrected chi connectivity index (χ4v) is 5.85. The van der Waals surface area contributed by atoms with E-state index in [4.69, 9.17) is 5.73 Å². The van der Waals surface area contributed by atoms with Gasteiger partial charge in [0.25, 0.3) is 0 Å². The van der Waals surface area contributed by atoms with Crippen LogP contribution in [-0.4, -0.2) is 41.5 Å². The van der Waals surface area contributed by atoms with E-state index >= 15 is 0 Å². The lowest BCUT2D eigenvalue weighted by Crippen LogP contribution is -2.50. The van der Waals surface area contributed by atoms with Crippen molar-refractivity contribution in [3.05, 3.63) is 59.6 Å². The van der Waals surface area contributed by atoms with Crippen molar-refractivity contribution in [1.29, 1.82) is 0 Å². The van der Waals surface area contributed by atoms with E-state index in [0.29, 0.717) is 10.6 Å². The fraction of sp³-hybridized carbons (Fsp3) is 0.211. The number of nitrogens with zero attached hydrogens (tertiary/aromatic N) is 4. The van der Waals surface area contributed by atoms with E-state index in [1.165, 1.54) is 13.1 Å². The molecule has 0 radical (unpaired) electrons. The highest BCUT2D eigenvalue weighted by Gasteiger charge is 2.42. The average Bonchev–Trinajstić information content (AvgIpc) is 3.09. The van der Waals surface area contributed by atoms with E-state index in [2.05, 4.69) is 15.0 Å². The Morgan fingerprint density at radius 3 is 2.72 bits per heavy atom. The minimum Gasteiger partial charge on any atom is -0.369 e. The molecule has 1 aliphatic rings. The molecule has 150 valence electrons. The van der Waals surface area contributed by atoms with Gasteiger partial charge in [-0.25, -0.2) is 22.1 Å². The highest BCUT2D eigenvalue weighted by molar-refractivity contribution is 7.89. The summed E-state index contributed by atoms with van der Waals surface area (Å²) in [5, 5.41) is 0. The predicted octanol–water partition coefficient (Wildman–Crippen LogP) is 2.82. The van der Waals surface area contributed by atoms with Gasteiger partial charge in [0.1, 0.15) is 11.4 Å². The van der Waals surface area contributed by atoms with E-state index < -0.39 is 21.4 Å². The summed E-state index contributed by atoms with van der Waals surface area (Å²) < 4.78 is 40.6. The molecule has 3 aromatic heterocycles. The normalized spacial score (nSPS) is 21.1. The van der Waals surface area contributed by atoms with E-state index in [1.807, 2.05) is 18.2 Å². The molecule has 0 bridgehead atoms. The summed E-state index contributed by atoms with van der Waals surface area (Å²) in [7, 11) is -2.35.